The molecule has 20 heavy (non-hydrogen) atoms. The van der Waals surface area contributed by atoms with Gasteiger partial charge in [0.1, 0.15) is 11.6 Å². The zero-order valence-electron chi connectivity index (χ0n) is 10.7. The summed E-state index contributed by atoms with van der Waals surface area (Å²) < 4.78 is 45.1. The summed E-state index contributed by atoms with van der Waals surface area (Å²) in [6, 6.07) is 7.28. The molecule has 0 amide bonds. The third-order valence-electron chi connectivity index (χ3n) is 3.02. The first-order valence-electron chi connectivity index (χ1n) is 5.97. The van der Waals surface area contributed by atoms with Crippen LogP contribution in [-0.2, 0) is 6.42 Å². The minimum atomic E-state index is -1.16. The van der Waals surface area contributed by atoms with Crippen molar-refractivity contribution in [2.24, 2.45) is 0 Å². The lowest BCUT2D eigenvalue weighted by atomic mass is 10.0. The summed E-state index contributed by atoms with van der Waals surface area (Å²) in [6.07, 6.45) is -1.40. The van der Waals surface area contributed by atoms with Crippen molar-refractivity contribution in [3.05, 3.63) is 65.0 Å². The van der Waals surface area contributed by atoms with Gasteiger partial charge in [-0.05, 0) is 29.8 Å². The van der Waals surface area contributed by atoms with Crippen LogP contribution in [0.1, 0.15) is 17.2 Å². The van der Waals surface area contributed by atoms with Crippen molar-refractivity contribution in [2.45, 2.75) is 12.5 Å². The molecule has 5 heteroatoms. The highest BCUT2D eigenvalue weighted by Gasteiger charge is 2.16. The van der Waals surface area contributed by atoms with Crippen molar-refractivity contribution in [3.63, 3.8) is 0 Å². The quantitative estimate of drug-likeness (QED) is 0.931. The number of benzene rings is 2. The standard InChI is InChI=1S/C15H13F3O2/c1-20-15-7-9(5-6-13(15)18)14(19)8-10-11(16)3-2-4-12(10)17/h2-7,14,19H,8H2,1H3. The van der Waals surface area contributed by atoms with Gasteiger partial charge in [0.2, 0.25) is 0 Å². The number of aliphatic hydroxyl groups is 1. The Morgan fingerprint density at radius 3 is 2.30 bits per heavy atom. The molecule has 0 saturated carbocycles. The molecule has 0 aromatic heterocycles. The van der Waals surface area contributed by atoms with Crippen LogP contribution in [0, 0.1) is 17.5 Å². The summed E-state index contributed by atoms with van der Waals surface area (Å²) in [6.45, 7) is 0. The van der Waals surface area contributed by atoms with Crippen molar-refractivity contribution in [3.8, 4) is 5.75 Å². The highest BCUT2D eigenvalue weighted by Crippen LogP contribution is 2.26. The van der Waals surface area contributed by atoms with Crippen LogP contribution in [0.4, 0.5) is 13.2 Å². The molecule has 0 bridgehead atoms. The van der Waals surface area contributed by atoms with Gasteiger partial charge in [-0.15, -0.1) is 0 Å². The summed E-state index contributed by atoms with van der Waals surface area (Å²) in [5.74, 6) is -2.05. The Hall–Kier alpha value is -2.01. The van der Waals surface area contributed by atoms with E-state index in [4.69, 9.17) is 4.74 Å². The minimum absolute atomic E-state index is 0.0319. The Bertz CT molecular complexity index is 594. The molecule has 0 fully saturated rings. The monoisotopic (exact) mass is 282 g/mol. The molecule has 2 aromatic carbocycles. The van der Waals surface area contributed by atoms with Crippen LogP contribution in [-0.4, -0.2) is 12.2 Å². The number of hydrogen-bond acceptors (Lipinski definition) is 2. The molecular weight excluding hydrogens is 269 g/mol. The van der Waals surface area contributed by atoms with Gasteiger partial charge in [0.15, 0.2) is 11.6 Å². The van der Waals surface area contributed by atoms with Crippen molar-refractivity contribution in [2.75, 3.05) is 7.11 Å². The third-order valence-corrected chi connectivity index (χ3v) is 3.02. The number of halogens is 3. The van der Waals surface area contributed by atoms with E-state index in [1.165, 1.54) is 25.3 Å². The Balaban J connectivity index is 2.26. The summed E-state index contributed by atoms with van der Waals surface area (Å²) in [5.41, 5.74) is 0.120. The summed E-state index contributed by atoms with van der Waals surface area (Å²) >= 11 is 0. The van der Waals surface area contributed by atoms with Gasteiger partial charge in [0.05, 0.1) is 13.2 Å². The second-order valence-electron chi connectivity index (χ2n) is 4.31. The van der Waals surface area contributed by atoms with Crippen LogP contribution in [0.3, 0.4) is 0 Å². The molecule has 2 aromatic rings. The van der Waals surface area contributed by atoms with E-state index < -0.39 is 23.6 Å². The Kier molecular flexibility index (Phi) is 4.29. The first-order chi connectivity index (χ1) is 9.52. The molecule has 0 heterocycles. The van der Waals surface area contributed by atoms with Crippen LogP contribution in [0.25, 0.3) is 0 Å². The molecule has 0 radical (unpaired) electrons. The lowest BCUT2D eigenvalue weighted by Crippen LogP contribution is -2.06. The van der Waals surface area contributed by atoms with Gasteiger partial charge in [-0.2, -0.15) is 0 Å². The summed E-state index contributed by atoms with van der Waals surface area (Å²) in [5, 5.41) is 10.0. The fourth-order valence-electron chi connectivity index (χ4n) is 1.92. The smallest absolute Gasteiger partial charge is 0.165 e. The average Bonchev–Trinajstić information content (AvgIpc) is 2.43. The van der Waals surface area contributed by atoms with Crippen molar-refractivity contribution < 1.29 is 23.0 Å². The predicted molar refractivity (Wildman–Crippen MR) is 68.0 cm³/mol. The average molecular weight is 282 g/mol. The van der Waals surface area contributed by atoms with Crippen LogP contribution < -0.4 is 4.74 Å². The van der Waals surface area contributed by atoms with E-state index in [2.05, 4.69) is 0 Å². The van der Waals surface area contributed by atoms with Crippen LogP contribution in [0.15, 0.2) is 36.4 Å². The van der Waals surface area contributed by atoms with Gasteiger partial charge < -0.3 is 9.84 Å². The second kappa shape index (κ2) is 5.96. The Morgan fingerprint density at radius 2 is 1.70 bits per heavy atom. The third kappa shape index (κ3) is 2.93. The van der Waals surface area contributed by atoms with Crippen LogP contribution in [0.2, 0.25) is 0 Å². The number of rotatable bonds is 4. The van der Waals surface area contributed by atoms with E-state index in [0.29, 0.717) is 5.56 Å². The Morgan fingerprint density at radius 1 is 1.05 bits per heavy atom. The molecule has 1 atom stereocenters. The molecule has 1 unspecified atom stereocenters. The van der Waals surface area contributed by atoms with E-state index in [9.17, 15) is 18.3 Å². The van der Waals surface area contributed by atoms with Crippen LogP contribution >= 0.6 is 0 Å². The van der Waals surface area contributed by atoms with E-state index in [-0.39, 0.29) is 17.7 Å². The predicted octanol–water partition coefficient (Wildman–Crippen LogP) is 3.39. The van der Waals surface area contributed by atoms with E-state index in [0.717, 1.165) is 18.2 Å². The maximum atomic E-state index is 13.5. The molecule has 0 saturated heterocycles. The van der Waals surface area contributed by atoms with Gasteiger partial charge >= 0.3 is 0 Å². The molecule has 2 nitrogen and oxygen atoms in total. The Labute approximate surface area is 114 Å². The van der Waals surface area contributed by atoms with Crippen molar-refractivity contribution in [1.82, 2.24) is 0 Å². The molecule has 0 spiro atoms. The maximum absolute atomic E-state index is 13.5. The second-order valence-corrected chi connectivity index (χ2v) is 4.31. The zero-order valence-corrected chi connectivity index (χ0v) is 10.7. The molecule has 0 aliphatic carbocycles. The minimum Gasteiger partial charge on any atom is -0.494 e. The highest BCUT2D eigenvalue weighted by molar-refractivity contribution is 5.32. The fraction of sp³-hybridized carbons (Fsp3) is 0.200. The lowest BCUT2D eigenvalue weighted by Gasteiger charge is -2.13. The molecule has 0 aliphatic rings. The van der Waals surface area contributed by atoms with Crippen molar-refractivity contribution in [1.29, 1.82) is 0 Å². The highest BCUT2D eigenvalue weighted by atomic mass is 19.1. The van der Waals surface area contributed by atoms with E-state index >= 15 is 0 Å². The van der Waals surface area contributed by atoms with Gasteiger partial charge in [0, 0.05) is 12.0 Å². The van der Waals surface area contributed by atoms with Gasteiger partial charge in [-0.1, -0.05) is 12.1 Å². The first-order valence-corrected chi connectivity index (χ1v) is 5.97. The number of ether oxygens (including phenoxy) is 1. The molecule has 1 N–H and O–H groups in total. The maximum Gasteiger partial charge on any atom is 0.165 e. The zero-order chi connectivity index (χ0) is 14.7. The van der Waals surface area contributed by atoms with Gasteiger partial charge in [-0.25, -0.2) is 13.2 Å². The molecule has 2 rings (SSSR count). The first kappa shape index (κ1) is 14.4. The van der Waals surface area contributed by atoms with Gasteiger partial charge in [-0.3, -0.25) is 0 Å². The summed E-state index contributed by atoms with van der Waals surface area (Å²) in [7, 11) is 1.30. The normalized spacial score (nSPS) is 12.2. The number of aliphatic hydroxyl groups excluding tert-OH is 1. The molecular formula is C15H13F3O2. The van der Waals surface area contributed by atoms with E-state index in [1.807, 2.05) is 0 Å². The van der Waals surface area contributed by atoms with Gasteiger partial charge in [0.25, 0.3) is 0 Å². The SMILES string of the molecule is COc1cc(C(O)Cc2c(F)cccc2F)ccc1F. The van der Waals surface area contributed by atoms with E-state index in [1.54, 1.807) is 0 Å². The van der Waals surface area contributed by atoms with Crippen molar-refractivity contribution >= 4 is 0 Å². The topological polar surface area (TPSA) is 29.5 Å². The largest absolute Gasteiger partial charge is 0.494 e. The molecule has 106 valence electrons. The fourth-order valence-corrected chi connectivity index (χ4v) is 1.92. The van der Waals surface area contributed by atoms with Crippen LogP contribution in [0.5, 0.6) is 5.75 Å². The summed E-state index contributed by atoms with van der Waals surface area (Å²) in [4.78, 5) is 0. The number of hydrogen-bond donors (Lipinski definition) is 1. The lowest BCUT2D eigenvalue weighted by molar-refractivity contribution is 0.175. The molecule has 0 aliphatic heterocycles. The number of methoxy groups -OCH3 is 1.